The van der Waals surface area contributed by atoms with Crippen LogP contribution < -0.4 is 9.80 Å². The fourth-order valence-corrected chi connectivity index (χ4v) is 5.31. The Balaban J connectivity index is 1.71. The van der Waals surface area contributed by atoms with Crippen LogP contribution in [0.4, 0.5) is 30.2 Å². The number of para-hydroxylation sites is 1. The molecule has 3 aromatic rings. The second-order valence-electron chi connectivity index (χ2n) is 9.42. The largest absolute Gasteiger partial charge is 0.497 e. The second kappa shape index (κ2) is 10.1. The number of ether oxygens (including phenoxy) is 1. The first kappa shape index (κ1) is 26.3. The van der Waals surface area contributed by atoms with Crippen molar-refractivity contribution in [1.82, 2.24) is 9.55 Å². The minimum absolute atomic E-state index is 0.00664. The number of fused-ring (bicyclic) bond motifs is 1. The molecule has 0 radical (unpaired) electrons. The van der Waals surface area contributed by atoms with Gasteiger partial charge in [0, 0.05) is 37.1 Å². The van der Waals surface area contributed by atoms with Gasteiger partial charge in [-0.1, -0.05) is 24.3 Å². The molecule has 2 aliphatic rings. The van der Waals surface area contributed by atoms with E-state index in [2.05, 4.69) is 4.98 Å². The zero-order chi connectivity index (χ0) is 27.9. The molecule has 0 fully saturated rings. The van der Waals surface area contributed by atoms with Crippen molar-refractivity contribution in [1.29, 1.82) is 0 Å². The first-order valence-corrected chi connectivity index (χ1v) is 12.5. The number of aromatic nitrogens is 2. The number of amides is 2. The fraction of sp³-hybridized carbons (Fsp3) is 0.276. The van der Waals surface area contributed by atoms with Crippen LogP contribution in [0, 0.1) is 5.92 Å². The summed E-state index contributed by atoms with van der Waals surface area (Å²) in [7, 11) is 3.32. The van der Waals surface area contributed by atoms with Crippen molar-refractivity contribution in [2.24, 2.45) is 13.0 Å². The molecule has 2 atom stereocenters. The smallest absolute Gasteiger partial charge is 0.416 e. The topological polar surface area (TPSA) is 67.7 Å². The highest BCUT2D eigenvalue weighted by Gasteiger charge is 2.45. The van der Waals surface area contributed by atoms with Crippen molar-refractivity contribution in [3.05, 3.63) is 95.8 Å². The van der Waals surface area contributed by atoms with E-state index in [4.69, 9.17) is 4.74 Å². The third-order valence-corrected chi connectivity index (χ3v) is 7.18. The second-order valence-corrected chi connectivity index (χ2v) is 9.42. The third-order valence-electron chi connectivity index (χ3n) is 7.18. The highest BCUT2D eigenvalue weighted by Crippen LogP contribution is 2.46. The van der Waals surface area contributed by atoms with E-state index in [1.54, 1.807) is 55.9 Å². The monoisotopic (exact) mass is 536 g/mol. The number of hydrogen-bond acceptors (Lipinski definition) is 4. The van der Waals surface area contributed by atoms with E-state index in [1.165, 1.54) is 23.0 Å². The molecule has 0 spiro atoms. The summed E-state index contributed by atoms with van der Waals surface area (Å²) in [4.78, 5) is 35.4. The summed E-state index contributed by atoms with van der Waals surface area (Å²) in [5, 5.41) is 0. The lowest BCUT2D eigenvalue weighted by Crippen LogP contribution is -2.42. The van der Waals surface area contributed by atoms with Crippen LogP contribution in [0.15, 0.2) is 84.5 Å². The van der Waals surface area contributed by atoms with Gasteiger partial charge in [-0.2, -0.15) is 13.2 Å². The van der Waals surface area contributed by atoms with Crippen LogP contribution in [0.25, 0.3) is 0 Å². The Bertz CT molecular complexity index is 1480. The van der Waals surface area contributed by atoms with E-state index in [1.807, 2.05) is 17.7 Å². The van der Waals surface area contributed by atoms with Gasteiger partial charge in [-0.05, 0) is 55.3 Å². The van der Waals surface area contributed by atoms with Gasteiger partial charge in [-0.15, -0.1) is 0 Å². The number of carbonyl (C=O) groups is 2. The highest BCUT2D eigenvalue weighted by atomic mass is 19.4. The number of imidazole rings is 1. The highest BCUT2D eigenvalue weighted by molar-refractivity contribution is 6.21. The molecule has 1 aromatic heterocycles. The van der Waals surface area contributed by atoms with Gasteiger partial charge in [0.2, 0.25) is 11.8 Å². The molecule has 1 aliphatic carbocycles. The Morgan fingerprint density at radius 1 is 1.05 bits per heavy atom. The number of nitrogens with zero attached hydrogens (tertiary/aromatic N) is 4. The molecular weight excluding hydrogens is 509 g/mol. The van der Waals surface area contributed by atoms with E-state index >= 15 is 0 Å². The van der Waals surface area contributed by atoms with Crippen LogP contribution in [0.3, 0.4) is 0 Å². The Labute approximate surface area is 223 Å². The Hall–Kier alpha value is -4.34. The van der Waals surface area contributed by atoms with Crippen LogP contribution in [0.5, 0.6) is 0 Å². The average Bonchev–Trinajstić information content (AvgIpc) is 3.32. The number of rotatable bonds is 5. The van der Waals surface area contributed by atoms with Crippen molar-refractivity contribution in [3.8, 4) is 0 Å². The lowest BCUT2D eigenvalue weighted by Gasteiger charge is -2.29. The van der Waals surface area contributed by atoms with Crippen LogP contribution in [0.2, 0.25) is 0 Å². The van der Waals surface area contributed by atoms with Crippen molar-refractivity contribution in [3.63, 3.8) is 0 Å². The number of alkyl halides is 3. The molecule has 0 saturated carbocycles. The lowest BCUT2D eigenvalue weighted by atomic mass is 9.82. The van der Waals surface area contributed by atoms with Crippen molar-refractivity contribution >= 4 is 28.9 Å². The van der Waals surface area contributed by atoms with E-state index in [0.717, 1.165) is 17.8 Å². The summed E-state index contributed by atoms with van der Waals surface area (Å²) < 4.78 is 48.9. The Morgan fingerprint density at radius 3 is 2.41 bits per heavy atom. The van der Waals surface area contributed by atoms with Gasteiger partial charge in [-0.3, -0.25) is 14.5 Å². The van der Waals surface area contributed by atoms with E-state index in [0.29, 0.717) is 23.4 Å². The van der Waals surface area contributed by atoms with Crippen LogP contribution in [-0.2, 0) is 27.5 Å². The number of carbonyl (C=O) groups excluding carboxylic acids is 2. The van der Waals surface area contributed by atoms with Crippen LogP contribution >= 0.6 is 0 Å². The summed E-state index contributed by atoms with van der Waals surface area (Å²) in [6, 6.07) is 11.5. The van der Waals surface area contributed by atoms with E-state index in [9.17, 15) is 22.8 Å². The zero-order valence-electron chi connectivity index (χ0n) is 21.6. The summed E-state index contributed by atoms with van der Waals surface area (Å²) in [5.41, 5.74) is 1.01. The molecular formula is C29H27F3N4O3. The molecule has 2 unspecified atom stereocenters. The molecule has 39 heavy (non-hydrogen) atoms. The number of anilines is 3. The normalized spacial score (nSPS) is 19.8. The molecule has 2 aromatic carbocycles. The molecule has 202 valence electrons. The van der Waals surface area contributed by atoms with E-state index < -0.39 is 29.5 Å². The SMILES string of the molecule is CCN1C(=O)C(C2=C(OC)C=CC(c3cncn3C)C2)C(=O)N(c2ccccc2)c2cc(C(F)(F)F)ccc21. The summed E-state index contributed by atoms with van der Waals surface area (Å²) >= 11 is 0. The van der Waals surface area contributed by atoms with Gasteiger partial charge < -0.3 is 14.2 Å². The standard InChI is InChI=1S/C29H27F3N4O3/c1-4-35-22-12-11-19(29(30,31)32)15-23(22)36(20-8-6-5-7-9-20)28(38)26(27(35)37)21-14-18(10-13-25(21)39-3)24-16-33-17-34(24)2/h5-13,15-18,26H,4,14H2,1-3H3. The molecule has 2 amide bonds. The number of allylic oxidation sites excluding steroid dienone is 2. The van der Waals surface area contributed by atoms with Gasteiger partial charge in [0.15, 0.2) is 0 Å². The molecule has 5 rings (SSSR count). The van der Waals surface area contributed by atoms with Crippen molar-refractivity contribution in [2.75, 3.05) is 23.5 Å². The predicted octanol–water partition coefficient (Wildman–Crippen LogP) is 5.73. The quantitative estimate of drug-likeness (QED) is 0.391. The van der Waals surface area contributed by atoms with Crippen LogP contribution in [0.1, 0.15) is 30.5 Å². The Morgan fingerprint density at radius 2 is 1.79 bits per heavy atom. The Kier molecular flexibility index (Phi) is 6.80. The summed E-state index contributed by atoms with van der Waals surface area (Å²) in [5.74, 6) is -2.29. The van der Waals surface area contributed by atoms with Gasteiger partial charge in [0.25, 0.3) is 0 Å². The van der Waals surface area contributed by atoms with Gasteiger partial charge in [-0.25, -0.2) is 4.98 Å². The molecule has 1 aliphatic heterocycles. The average molecular weight is 537 g/mol. The van der Waals surface area contributed by atoms with Crippen LogP contribution in [-0.4, -0.2) is 35.0 Å². The maximum atomic E-state index is 14.4. The zero-order valence-corrected chi connectivity index (χ0v) is 21.6. The van der Waals surface area contributed by atoms with E-state index in [-0.39, 0.29) is 23.8 Å². The predicted molar refractivity (Wildman–Crippen MR) is 140 cm³/mol. The molecule has 2 heterocycles. The fourth-order valence-electron chi connectivity index (χ4n) is 5.31. The summed E-state index contributed by atoms with van der Waals surface area (Å²) in [6.45, 7) is 1.88. The first-order valence-electron chi connectivity index (χ1n) is 12.5. The maximum Gasteiger partial charge on any atom is 0.416 e. The molecule has 10 heteroatoms. The van der Waals surface area contributed by atoms with Gasteiger partial charge in [0.1, 0.15) is 11.7 Å². The molecule has 0 saturated heterocycles. The van der Waals surface area contributed by atoms with Crippen molar-refractivity contribution in [2.45, 2.75) is 25.4 Å². The number of aryl methyl sites for hydroxylation is 1. The number of methoxy groups -OCH3 is 1. The maximum absolute atomic E-state index is 14.4. The first-order chi connectivity index (χ1) is 18.7. The van der Waals surface area contributed by atoms with Crippen molar-refractivity contribution < 1.29 is 27.5 Å². The number of hydrogen-bond donors (Lipinski definition) is 0. The minimum Gasteiger partial charge on any atom is -0.497 e. The number of halogens is 3. The molecule has 0 bridgehead atoms. The molecule has 0 N–H and O–H groups in total. The third kappa shape index (κ3) is 4.60. The van der Waals surface area contributed by atoms with Gasteiger partial charge >= 0.3 is 6.18 Å². The minimum atomic E-state index is -4.64. The number of benzene rings is 2. The van der Waals surface area contributed by atoms with Gasteiger partial charge in [0.05, 0.1) is 30.4 Å². The summed E-state index contributed by atoms with van der Waals surface area (Å²) in [6.07, 6.45) is 2.73. The lowest BCUT2D eigenvalue weighted by molar-refractivity contribution is -0.137. The molecule has 7 nitrogen and oxygen atoms in total.